The van der Waals surface area contributed by atoms with Gasteiger partial charge in [-0.05, 0) is 55.0 Å². The molecule has 0 fully saturated rings. The minimum absolute atomic E-state index is 0.0349. The lowest BCUT2D eigenvalue weighted by Crippen LogP contribution is -2.48. The van der Waals surface area contributed by atoms with E-state index in [1.54, 1.807) is 36.5 Å². The Morgan fingerprint density at radius 2 is 1.89 bits per heavy atom. The van der Waals surface area contributed by atoms with Gasteiger partial charge in [-0.3, -0.25) is 9.88 Å². The standard InChI is InChI=1S/C26H19F3N4O3/c1-16-22(24(34)36-15-20-6-2-3-12-31-20)23(18-10-8-17(14-30)9-11-18)32-25(35)33(16)21-7-4-5-19(13-21)26(27,28)29/h2-13,23H,15H2,1H3,(H,32,35). The Morgan fingerprint density at radius 3 is 2.53 bits per heavy atom. The molecule has 0 saturated carbocycles. The second kappa shape index (κ2) is 9.92. The number of nitriles is 1. The number of pyridine rings is 1. The van der Waals surface area contributed by atoms with Crippen LogP contribution in [0, 0.1) is 11.3 Å². The average Bonchev–Trinajstić information content (AvgIpc) is 2.87. The Bertz CT molecular complexity index is 1360. The molecule has 3 aromatic rings. The molecule has 0 saturated heterocycles. The number of hydrogen-bond acceptors (Lipinski definition) is 5. The first-order chi connectivity index (χ1) is 17.2. The van der Waals surface area contributed by atoms with E-state index in [9.17, 15) is 22.8 Å². The number of ether oxygens (including phenoxy) is 1. The Labute approximate surface area is 204 Å². The van der Waals surface area contributed by atoms with E-state index in [0.717, 1.165) is 17.0 Å². The second-order valence-corrected chi connectivity index (χ2v) is 7.90. The third-order valence-corrected chi connectivity index (χ3v) is 5.59. The lowest BCUT2D eigenvalue weighted by molar-refractivity contribution is -0.141. The molecule has 1 aliphatic rings. The molecule has 10 heteroatoms. The number of halogens is 3. The number of hydrogen-bond donors (Lipinski definition) is 1. The van der Waals surface area contributed by atoms with Crippen molar-refractivity contribution in [3.63, 3.8) is 0 Å². The van der Waals surface area contributed by atoms with Crippen LogP contribution in [-0.2, 0) is 22.3 Å². The Morgan fingerprint density at radius 1 is 1.14 bits per heavy atom. The van der Waals surface area contributed by atoms with Crippen molar-refractivity contribution in [2.24, 2.45) is 0 Å². The fraction of sp³-hybridized carbons (Fsp3) is 0.154. The maximum Gasteiger partial charge on any atom is 0.416 e. The second-order valence-electron chi connectivity index (χ2n) is 7.90. The molecule has 1 aromatic heterocycles. The number of carbonyl (C=O) groups is 2. The molecule has 4 rings (SSSR count). The third kappa shape index (κ3) is 5.05. The molecule has 2 aromatic carbocycles. The van der Waals surface area contributed by atoms with Gasteiger partial charge in [0.1, 0.15) is 6.61 Å². The van der Waals surface area contributed by atoms with Crippen LogP contribution >= 0.6 is 0 Å². The monoisotopic (exact) mass is 492 g/mol. The van der Waals surface area contributed by atoms with Gasteiger partial charge in [-0.1, -0.05) is 24.3 Å². The smallest absolute Gasteiger partial charge is 0.416 e. The lowest BCUT2D eigenvalue weighted by Gasteiger charge is -2.35. The first-order valence-electron chi connectivity index (χ1n) is 10.7. The highest BCUT2D eigenvalue weighted by atomic mass is 19.4. The van der Waals surface area contributed by atoms with Gasteiger partial charge in [0, 0.05) is 11.9 Å². The molecular weight excluding hydrogens is 473 g/mol. The summed E-state index contributed by atoms with van der Waals surface area (Å²) in [6, 6.07) is 15.9. The number of nitrogens with zero attached hydrogens (tertiary/aromatic N) is 3. The van der Waals surface area contributed by atoms with Crippen molar-refractivity contribution in [1.29, 1.82) is 5.26 Å². The first-order valence-corrected chi connectivity index (χ1v) is 10.7. The highest BCUT2D eigenvalue weighted by molar-refractivity contribution is 6.03. The summed E-state index contributed by atoms with van der Waals surface area (Å²) < 4.78 is 45.4. The topological polar surface area (TPSA) is 95.3 Å². The SMILES string of the molecule is CC1=C(C(=O)OCc2ccccn2)C(c2ccc(C#N)cc2)NC(=O)N1c1cccc(C(F)(F)F)c1. The van der Waals surface area contributed by atoms with Crippen LogP contribution < -0.4 is 10.2 Å². The molecule has 1 aliphatic heterocycles. The van der Waals surface area contributed by atoms with Crippen LogP contribution in [0.5, 0.6) is 0 Å². The van der Waals surface area contributed by atoms with E-state index >= 15 is 0 Å². The summed E-state index contributed by atoms with van der Waals surface area (Å²) >= 11 is 0. The van der Waals surface area contributed by atoms with Gasteiger partial charge in [-0.15, -0.1) is 0 Å². The van der Waals surface area contributed by atoms with Crippen molar-refractivity contribution in [2.45, 2.75) is 25.7 Å². The molecule has 1 unspecified atom stereocenters. The normalized spacial score (nSPS) is 15.8. The average molecular weight is 492 g/mol. The van der Waals surface area contributed by atoms with E-state index in [0.29, 0.717) is 16.8 Å². The van der Waals surface area contributed by atoms with Crippen LogP contribution in [0.1, 0.15) is 35.3 Å². The van der Waals surface area contributed by atoms with Gasteiger partial charge in [0.05, 0.1) is 40.2 Å². The zero-order chi connectivity index (χ0) is 25.9. The zero-order valence-electron chi connectivity index (χ0n) is 18.9. The predicted molar refractivity (Wildman–Crippen MR) is 123 cm³/mol. The molecule has 7 nitrogen and oxygen atoms in total. The maximum atomic E-state index is 13.3. The van der Waals surface area contributed by atoms with Crippen LogP contribution in [0.15, 0.2) is 84.2 Å². The summed E-state index contributed by atoms with van der Waals surface area (Å²) in [5.74, 6) is -0.774. The van der Waals surface area contributed by atoms with Crippen molar-refractivity contribution >= 4 is 17.7 Å². The number of benzene rings is 2. The molecule has 0 aliphatic carbocycles. The van der Waals surface area contributed by atoms with Crippen LogP contribution in [0.3, 0.4) is 0 Å². The van der Waals surface area contributed by atoms with Gasteiger partial charge in [0.15, 0.2) is 0 Å². The van der Waals surface area contributed by atoms with E-state index in [-0.39, 0.29) is 23.6 Å². The number of alkyl halides is 3. The van der Waals surface area contributed by atoms with Crippen molar-refractivity contribution in [3.8, 4) is 6.07 Å². The van der Waals surface area contributed by atoms with Crippen LogP contribution in [-0.4, -0.2) is 17.0 Å². The fourth-order valence-corrected chi connectivity index (χ4v) is 3.84. The molecule has 0 radical (unpaired) electrons. The summed E-state index contributed by atoms with van der Waals surface area (Å²) in [6.07, 6.45) is -3.07. The number of anilines is 1. The molecule has 1 N–H and O–H groups in total. The van der Waals surface area contributed by atoms with E-state index in [1.165, 1.54) is 31.2 Å². The largest absolute Gasteiger partial charge is 0.456 e. The Hall–Kier alpha value is -4.65. The Kier molecular flexibility index (Phi) is 6.74. The summed E-state index contributed by atoms with van der Waals surface area (Å²) in [6.45, 7) is 1.32. The van der Waals surface area contributed by atoms with E-state index in [2.05, 4.69) is 10.3 Å². The number of rotatable bonds is 5. The third-order valence-electron chi connectivity index (χ3n) is 5.59. The molecule has 0 spiro atoms. The van der Waals surface area contributed by atoms with Crippen LogP contribution in [0.2, 0.25) is 0 Å². The molecule has 2 heterocycles. The lowest BCUT2D eigenvalue weighted by atomic mass is 9.94. The van der Waals surface area contributed by atoms with Crippen molar-refractivity contribution in [2.75, 3.05) is 4.90 Å². The molecule has 2 amide bonds. The highest BCUT2D eigenvalue weighted by Crippen LogP contribution is 2.37. The summed E-state index contributed by atoms with van der Waals surface area (Å²) in [7, 11) is 0. The number of nitrogens with one attached hydrogen (secondary N) is 1. The van der Waals surface area contributed by atoms with Crippen molar-refractivity contribution < 1.29 is 27.5 Å². The Balaban J connectivity index is 1.77. The van der Waals surface area contributed by atoms with Gasteiger partial charge >= 0.3 is 18.2 Å². The number of carbonyl (C=O) groups excluding carboxylic acids is 2. The fourth-order valence-electron chi connectivity index (χ4n) is 3.84. The minimum Gasteiger partial charge on any atom is -0.456 e. The summed E-state index contributed by atoms with van der Waals surface area (Å²) in [5.41, 5.74) is 0.517. The van der Waals surface area contributed by atoms with Gasteiger partial charge < -0.3 is 10.1 Å². The minimum atomic E-state index is -4.62. The van der Waals surface area contributed by atoms with E-state index in [4.69, 9.17) is 10.00 Å². The number of allylic oxidation sites excluding steroid dienone is 1. The molecular formula is C26H19F3N4O3. The number of amides is 2. The number of esters is 1. The molecule has 1 atom stereocenters. The highest BCUT2D eigenvalue weighted by Gasteiger charge is 2.38. The first kappa shape index (κ1) is 24.5. The van der Waals surface area contributed by atoms with Gasteiger partial charge in [-0.25, -0.2) is 9.59 Å². The van der Waals surface area contributed by atoms with Gasteiger partial charge in [0.2, 0.25) is 0 Å². The van der Waals surface area contributed by atoms with Crippen molar-refractivity contribution in [1.82, 2.24) is 10.3 Å². The van der Waals surface area contributed by atoms with Crippen molar-refractivity contribution in [3.05, 3.63) is 107 Å². The van der Waals surface area contributed by atoms with Crippen LogP contribution in [0.4, 0.5) is 23.7 Å². The summed E-state index contributed by atoms with van der Waals surface area (Å²) in [5, 5.41) is 11.8. The quantitative estimate of drug-likeness (QED) is 0.490. The predicted octanol–water partition coefficient (Wildman–Crippen LogP) is 5.26. The number of urea groups is 1. The van der Waals surface area contributed by atoms with Gasteiger partial charge in [-0.2, -0.15) is 18.4 Å². The zero-order valence-corrected chi connectivity index (χ0v) is 18.9. The maximum absolute atomic E-state index is 13.3. The van der Waals surface area contributed by atoms with Gasteiger partial charge in [0.25, 0.3) is 0 Å². The molecule has 182 valence electrons. The molecule has 0 bridgehead atoms. The molecule has 36 heavy (non-hydrogen) atoms. The van der Waals surface area contributed by atoms with Crippen LogP contribution in [0.25, 0.3) is 0 Å². The van der Waals surface area contributed by atoms with E-state index in [1.807, 2.05) is 6.07 Å². The summed E-state index contributed by atoms with van der Waals surface area (Å²) in [4.78, 5) is 31.5. The van der Waals surface area contributed by atoms with E-state index < -0.39 is 29.8 Å². The number of aromatic nitrogens is 1.